The molecule has 1 rings (SSSR count). The van der Waals surface area contributed by atoms with Crippen molar-refractivity contribution in [3.63, 3.8) is 0 Å². The van der Waals surface area contributed by atoms with E-state index in [1.54, 1.807) is 16.7 Å². The molecule has 1 aromatic carbocycles. The van der Waals surface area contributed by atoms with E-state index in [0.717, 1.165) is 5.69 Å². The van der Waals surface area contributed by atoms with Gasteiger partial charge in [-0.1, -0.05) is 78.6 Å². The number of rotatable bonds is 16. The van der Waals surface area contributed by atoms with Gasteiger partial charge in [-0.15, -0.1) is 0 Å². The second-order valence-corrected chi connectivity index (χ2v) is 7.85. The molecular weight excluding hydrogens is 316 g/mol. The summed E-state index contributed by atoms with van der Waals surface area (Å²) in [6.45, 7) is 6.86. The minimum atomic E-state index is 1.10. The average molecular weight is 361 g/mol. The van der Waals surface area contributed by atoms with Crippen LogP contribution in [-0.2, 0) is 19.3 Å². The standard InChI is InChI=1S/C24H44N2/c1-4-7-10-13-16-21-19-23(26-25)20-22(17-14-11-8-5-2)24(21)18-15-12-9-6-3/h19-20,26H,4-18,25H2,1-3H3. The normalized spacial score (nSPS) is 11.1. The summed E-state index contributed by atoms with van der Waals surface area (Å²) in [5, 5.41) is 0. The van der Waals surface area contributed by atoms with Crippen molar-refractivity contribution in [2.75, 3.05) is 5.43 Å². The fourth-order valence-electron chi connectivity index (χ4n) is 3.86. The Morgan fingerprint density at radius 1 is 0.615 bits per heavy atom. The number of unbranched alkanes of at least 4 members (excludes halogenated alkanes) is 9. The molecule has 0 amide bonds. The summed E-state index contributed by atoms with van der Waals surface area (Å²) in [5.41, 5.74) is 8.76. The van der Waals surface area contributed by atoms with Crippen LogP contribution in [0.1, 0.15) is 115 Å². The summed E-state index contributed by atoms with van der Waals surface area (Å²) in [7, 11) is 0. The van der Waals surface area contributed by atoms with Crippen LogP contribution in [0.5, 0.6) is 0 Å². The molecule has 26 heavy (non-hydrogen) atoms. The fourth-order valence-corrected chi connectivity index (χ4v) is 3.86. The molecule has 1 aromatic rings. The Labute approximate surface area is 163 Å². The van der Waals surface area contributed by atoms with Crippen LogP contribution in [-0.4, -0.2) is 0 Å². The summed E-state index contributed by atoms with van der Waals surface area (Å²) in [6.07, 6.45) is 19.6. The highest BCUT2D eigenvalue weighted by Crippen LogP contribution is 2.26. The maximum absolute atomic E-state index is 5.78. The number of hydrogen-bond acceptors (Lipinski definition) is 2. The summed E-state index contributed by atoms with van der Waals surface area (Å²) in [5.74, 6) is 5.78. The molecule has 0 heterocycles. The lowest BCUT2D eigenvalue weighted by Crippen LogP contribution is -2.10. The maximum Gasteiger partial charge on any atom is 0.0490 e. The minimum absolute atomic E-state index is 1.10. The van der Waals surface area contributed by atoms with Crippen molar-refractivity contribution in [2.24, 2.45) is 5.84 Å². The molecular formula is C24H44N2. The SMILES string of the molecule is CCCCCCc1cc(NN)cc(CCCCCC)c1CCCCCC. The first-order chi connectivity index (χ1) is 12.8. The van der Waals surface area contributed by atoms with Crippen LogP contribution in [0.4, 0.5) is 5.69 Å². The van der Waals surface area contributed by atoms with Crippen LogP contribution in [0.2, 0.25) is 0 Å². The number of hydrazine groups is 1. The van der Waals surface area contributed by atoms with Gasteiger partial charge in [-0.2, -0.15) is 0 Å². The van der Waals surface area contributed by atoms with Gasteiger partial charge in [0, 0.05) is 5.69 Å². The van der Waals surface area contributed by atoms with Gasteiger partial charge < -0.3 is 5.43 Å². The van der Waals surface area contributed by atoms with E-state index in [4.69, 9.17) is 5.84 Å². The molecule has 150 valence electrons. The second-order valence-electron chi connectivity index (χ2n) is 7.85. The highest BCUT2D eigenvalue weighted by atomic mass is 15.2. The molecule has 3 N–H and O–H groups in total. The quantitative estimate of drug-likeness (QED) is 0.184. The zero-order chi connectivity index (χ0) is 19.0. The van der Waals surface area contributed by atoms with Crippen molar-refractivity contribution in [1.29, 1.82) is 0 Å². The molecule has 0 spiro atoms. The number of aryl methyl sites for hydroxylation is 2. The number of nitrogens with one attached hydrogen (secondary N) is 1. The number of hydrogen-bond donors (Lipinski definition) is 2. The Hall–Kier alpha value is -1.02. The highest BCUT2D eigenvalue weighted by Gasteiger charge is 2.11. The Bertz CT molecular complexity index is 434. The van der Waals surface area contributed by atoms with Crippen molar-refractivity contribution >= 4 is 5.69 Å². The number of benzene rings is 1. The Kier molecular flexibility index (Phi) is 13.4. The molecule has 0 bridgehead atoms. The predicted molar refractivity (Wildman–Crippen MR) is 118 cm³/mol. The van der Waals surface area contributed by atoms with Gasteiger partial charge in [0.2, 0.25) is 0 Å². The topological polar surface area (TPSA) is 38.0 Å². The van der Waals surface area contributed by atoms with Gasteiger partial charge in [0.15, 0.2) is 0 Å². The molecule has 0 aromatic heterocycles. The van der Waals surface area contributed by atoms with E-state index in [1.807, 2.05) is 0 Å². The van der Waals surface area contributed by atoms with Gasteiger partial charge in [-0.05, 0) is 67.3 Å². The van der Waals surface area contributed by atoms with Crippen molar-refractivity contribution in [3.8, 4) is 0 Å². The molecule has 0 aliphatic heterocycles. The third-order valence-electron chi connectivity index (χ3n) is 5.48. The van der Waals surface area contributed by atoms with Gasteiger partial charge in [0.05, 0.1) is 0 Å². The molecule has 2 heteroatoms. The summed E-state index contributed by atoms with van der Waals surface area (Å²) in [6, 6.07) is 4.63. The summed E-state index contributed by atoms with van der Waals surface area (Å²) < 4.78 is 0. The zero-order valence-corrected chi connectivity index (χ0v) is 17.8. The van der Waals surface area contributed by atoms with E-state index in [1.165, 1.54) is 96.3 Å². The zero-order valence-electron chi connectivity index (χ0n) is 17.8. The Morgan fingerprint density at radius 2 is 1.04 bits per heavy atom. The van der Waals surface area contributed by atoms with Gasteiger partial charge in [0.1, 0.15) is 0 Å². The number of anilines is 1. The molecule has 0 aliphatic rings. The van der Waals surface area contributed by atoms with Crippen LogP contribution in [0, 0.1) is 0 Å². The van der Waals surface area contributed by atoms with E-state index in [0.29, 0.717) is 0 Å². The van der Waals surface area contributed by atoms with E-state index < -0.39 is 0 Å². The third-order valence-corrected chi connectivity index (χ3v) is 5.48. The minimum Gasteiger partial charge on any atom is -0.324 e. The lowest BCUT2D eigenvalue weighted by atomic mass is 9.89. The second kappa shape index (κ2) is 15.1. The van der Waals surface area contributed by atoms with Crippen molar-refractivity contribution in [3.05, 3.63) is 28.8 Å². The van der Waals surface area contributed by atoms with Crippen LogP contribution >= 0.6 is 0 Å². The van der Waals surface area contributed by atoms with Crippen LogP contribution in [0.3, 0.4) is 0 Å². The molecule has 2 nitrogen and oxygen atoms in total. The third kappa shape index (κ3) is 9.07. The van der Waals surface area contributed by atoms with E-state index in [-0.39, 0.29) is 0 Å². The lowest BCUT2D eigenvalue weighted by molar-refractivity contribution is 0.639. The first-order valence-corrected chi connectivity index (χ1v) is 11.4. The molecule has 0 saturated carbocycles. The lowest BCUT2D eigenvalue weighted by Gasteiger charge is -2.18. The monoisotopic (exact) mass is 360 g/mol. The van der Waals surface area contributed by atoms with Crippen molar-refractivity contribution in [2.45, 2.75) is 117 Å². The maximum atomic E-state index is 5.78. The summed E-state index contributed by atoms with van der Waals surface area (Å²) in [4.78, 5) is 0. The van der Waals surface area contributed by atoms with Gasteiger partial charge in [-0.25, -0.2) is 0 Å². The molecule has 0 radical (unpaired) electrons. The van der Waals surface area contributed by atoms with Gasteiger partial charge in [-0.3, -0.25) is 5.84 Å². The molecule has 0 aliphatic carbocycles. The first kappa shape index (κ1) is 23.0. The number of nitrogen functional groups attached to an aromatic ring is 1. The van der Waals surface area contributed by atoms with Gasteiger partial charge >= 0.3 is 0 Å². The fraction of sp³-hybridized carbons (Fsp3) is 0.750. The van der Waals surface area contributed by atoms with E-state index in [2.05, 4.69) is 38.3 Å². The Balaban J connectivity index is 2.88. The van der Waals surface area contributed by atoms with Crippen LogP contribution < -0.4 is 11.3 Å². The van der Waals surface area contributed by atoms with E-state index in [9.17, 15) is 0 Å². The highest BCUT2D eigenvalue weighted by molar-refractivity contribution is 5.52. The van der Waals surface area contributed by atoms with Crippen LogP contribution in [0.25, 0.3) is 0 Å². The van der Waals surface area contributed by atoms with Gasteiger partial charge in [0.25, 0.3) is 0 Å². The van der Waals surface area contributed by atoms with E-state index >= 15 is 0 Å². The molecule has 0 fully saturated rings. The predicted octanol–water partition coefficient (Wildman–Crippen LogP) is 7.34. The van der Waals surface area contributed by atoms with Crippen molar-refractivity contribution < 1.29 is 0 Å². The summed E-state index contributed by atoms with van der Waals surface area (Å²) >= 11 is 0. The smallest absolute Gasteiger partial charge is 0.0490 e. The molecule has 0 unspecified atom stereocenters. The number of nitrogens with two attached hydrogens (primary N) is 1. The van der Waals surface area contributed by atoms with Crippen LogP contribution in [0.15, 0.2) is 12.1 Å². The Morgan fingerprint density at radius 3 is 1.42 bits per heavy atom. The average Bonchev–Trinajstić information content (AvgIpc) is 2.66. The largest absolute Gasteiger partial charge is 0.324 e. The van der Waals surface area contributed by atoms with Crippen molar-refractivity contribution in [1.82, 2.24) is 0 Å². The molecule has 0 saturated heterocycles. The molecule has 0 atom stereocenters. The first-order valence-electron chi connectivity index (χ1n) is 11.4.